The number of para-hydroxylation sites is 2. The molecule has 0 spiro atoms. The van der Waals surface area contributed by atoms with Gasteiger partial charge < -0.3 is 17.3 Å². The predicted molar refractivity (Wildman–Crippen MR) is 135 cm³/mol. The summed E-state index contributed by atoms with van der Waals surface area (Å²) in [6.07, 6.45) is 4.48. The summed E-state index contributed by atoms with van der Waals surface area (Å²) in [5, 5.41) is 0. The normalized spacial score (nSPS) is 12.1. The van der Waals surface area contributed by atoms with Crippen LogP contribution in [0.3, 0.4) is 0 Å². The molecule has 2 nitrogen and oxygen atoms in total. The molecule has 198 valence electrons. The van der Waals surface area contributed by atoms with Crippen molar-refractivity contribution in [3.05, 3.63) is 74.7 Å². The van der Waals surface area contributed by atoms with Gasteiger partial charge in [0, 0.05) is 0 Å². The standard InChI is InChI=1S/C27H36N2.Au.BF4/c1-18(2)22-11-9-12-23(19(3)4)26(22)28-15-16-29(17-28)27-24(20(5)6)13-10-14-25(27)21(7)8;;2-1(3,4)5/h9-16,18-21H,1-8H3;;/q;2*-1. The Morgan fingerprint density at radius 1 is 0.571 bits per heavy atom. The van der Waals surface area contributed by atoms with Gasteiger partial charge in [-0.15, -0.1) is 0 Å². The number of nitrogens with zero attached hydrogens (tertiary/aromatic N) is 2. The predicted octanol–water partition coefficient (Wildman–Crippen LogP) is 9.14. The van der Waals surface area contributed by atoms with Gasteiger partial charge in [0.2, 0.25) is 0 Å². The van der Waals surface area contributed by atoms with Crippen LogP contribution in [0.2, 0.25) is 0 Å². The van der Waals surface area contributed by atoms with Crippen LogP contribution in [0.15, 0.2) is 48.8 Å². The Kier molecular flexibility index (Phi) is 10.0. The summed E-state index contributed by atoms with van der Waals surface area (Å²) in [6, 6.07) is 13.6. The Hall–Kier alpha value is -1.82. The Morgan fingerprint density at radius 3 is 1.00 bits per heavy atom. The topological polar surface area (TPSA) is 9.86 Å². The molecular formula is C27H36AuBF4N2-2. The first-order chi connectivity index (χ1) is 16.1. The summed E-state index contributed by atoms with van der Waals surface area (Å²) in [6.45, 7) is 18.3. The molecule has 0 atom stereocenters. The molecule has 2 aromatic carbocycles. The van der Waals surface area contributed by atoms with E-state index in [4.69, 9.17) is 0 Å². The van der Waals surface area contributed by atoms with Gasteiger partial charge in [0.25, 0.3) is 0 Å². The van der Waals surface area contributed by atoms with E-state index < -0.39 is 7.25 Å². The molecule has 0 bridgehead atoms. The molecule has 0 aliphatic carbocycles. The molecule has 1 heterocycles. The molecule has 0 N–H and O–H groups in total. The van der Waals surface area contributed by atoms with E-state index >= 15 is 0 Å². The van der Waals surface area contributed by atoms with Gasteiger partial charge in [-0.25, -0.2) is 0 Å². The zero-order chi connectivity index (χ0) is 26.7. The van der Waals surface area contributed by atoms with Crippen molar-refractivity contribution in [2.75, 3.05) is 0 Å². The quantitative estimate of drug-likeness (QED) is 0.183. The number of hydrogen-bond acceptors (Lipinski definition) is 0. The number of rotatable bonds is 6. The molecule has 0 aliphatic rings. The smallest absolute Gasteiger partial charge is 0.418 e. The van der Waals surface area contributed by atoms with Crippen LogP contribution in [0, 0.1) is 3.63 Å². The van der Waals surface area contributed by atoms with Gasteiger partial charge >= 0.3 is 202 Å². The van der Waals surface area contributed by atoms with E-state index in [1.807, 2.05) is 0 Å². The molecule has 0 saturated heterocycles. The van der Waals surface area contributed by atoms with E-state index in [0.717, 1.165) is 0 Å². The van der Waals surface area contributed by atoms with Crippen LogP contribution in [0.5, 0.6) is 0 Å². The second-order valence-corrected chi connectivity index (χ2v) is 10.9. The van der Waals surface area contributed by atoms with Crippen molar-refractivity contribution in [3.63, 3.8) is 0 Å². The Balaban J connectivity index is 0.000000784. The van der Waals surface area contributed by atoms with Crippen molar-refractivity contribution in [2.24, 2.45) is 0 Å². The van der Waals surface area contributed by atoms with Crippen molar-refractivity contribution in [2.45, 2.75) is 79.1 Å². The molecule has 0 aliphatic heterocycles. The van der Waals surface area contributed by atoms with Gasteiger partial charge in [0.1, 0.15) is 0 Å². The molecule has 8 heteroatoms. The largest absolute Gasteiger partial charge is 0.673 e. The average Bonchev–Trinajstić information content (AvgIpc) is 3.11. The van der Waals surface area contributed by atoms with Crippen LogP contribution < -0.4 is 0 Å². The van der Waals surface area contributed by atoms with Gasteiger partial charge in [-0.1, -0.05) is 0 Å². The zero-order valence-electron chi connectivity index (χ0n) is 21.7. The summed E-state index contributed by atoms with van der Waals surface area (Å²) in [7, 11) is -6.00. The molecule has 0 saturated carbocycles. The monoisotopic (exact) mass is 672 g/mol. The summed E-state index contributed by atoms with van der Waals surface area (Å²) in [4.78, 5) is 0. The third-order valence-corrected chi connectivity index (χ3v) is 6.94. The maximum Gasteiger partial charge on any atom is 0.673 e. The second-order valence-electron chi connectivity index (χ2n) is 9.96. The van der Waals surface area contributed by atoms with Crippen LogP contribution in [-0.2, 0) is 20.6 Å². The van der Waals surface area contributed by atoms with Crippen molar-refractivity contribution >= 4 is 7.25 Å². The molecule has 0 amide bonds. The Labute approximate surface area is 218 Å². The van der Waals surface area contributed by atoms with E-state index in [2.05, 4.69) is 134 Å². The molecule has 3 rings (SSSR count). The van der Waals surface area contributed by atoms with Crippen LogP contribution >= 0.6 is 0 Å². The molecule has 0 fully saturated rings. The number of imidazole rings is 1. The maximum absolute atomic E-state index is 9.75. The summed E-state index contributed by atoms with van der Waals surface area (Å²) >= 11 is 2.77. The van der Waals surface area contributed by atoms with Gasteiger partial charge in [0.05, 0.1) is 0 Å². The fourth-order valence-corrected chi connectivity index (χ4v) is 5.06. The third kappa shape index (κ3) is 7.34. The zero-order valence-corrected chi connectivity index (χ0v) is 23.9. The maximum atomic E-state index is 9.75. The van der Waals surface area contributed by atoms with Crippen LogP contribution in [-0.4, -0.2) is 16.4 Å². The van der Waals surface area contributed by atoms with Crippen molar-refractivity contribution in [1.29, 1.82) is 0 Å². The Morgan fingerprint density at radius 2 is 0.800 bits per heavy atom. The number of hydrogen-bond donors (Lipinski definition) is 0. The summed E-state index contributed by atoms with van der Waals surface area (Å²) in [5.74, 6) is 1.88. The Bertz CT molecular complexity index is 1050. The fourth-order valence-electron chi connectivity index (χ4n) is 4.26. The number of halogens is 4. The van der Waals surface area contributed by atoms with E-state index in [1.54, 1.807) is 0 Å². The minimum Gasteiger partial charge on any atom is -0.418 e. The average molecular weight is 672 g/mol. The first-order valence-corrected chi connectivity index (χ1v) is 13.1. The van der Waals surface area contributed by atoms with Gasteiger partial charge in [-0.05, 0) is 0 Å². The third-order valence-electron chi connectivity index (χ3n) is 5.89. The van der Waals surface area contributed by atoms with Crippen molar-refractivity contribution in [3.8, 4) is 11.4 Å². The van der Waals surface area contributed by atoms with Crippen molar-refractivity contribution in [1.82, 2.24) is 9.13 Å². The van der Waals surface area contributed by atoms with E-state index in [1.165, 1.54) is 37.3 Å². The first kappa shape index (κ1) is 29.4. The minimum atomic E-state index is -6.00. The van der Waals surface area contributed by atoms with Crippen LogP contribution in [0.4, 0.5) is 17.3 Å². The van der Waals surface area contributed by atoms with Gasteiger partial charge in [-0.3, -0.25) is 0 Å². The molecule has 3 aromatic rings. The summed E-state index contributed by atoms with van der Waals surface area (Å²) in [5.41, 5.74) is 8.29. The molecule has 1 aromatic heterocycles. The van der Waals surface area contributed by atoms with E-state index in [-0.39, 0.29) is 0 Å². The first-order valence-electron chi connectivity index (χ1n) is 12.0. The molecule has 0 unspecified atom stereocenters. The minimum absolute atomic E-state index is 0.469. The van der Waals surface area contributed by atoms with E-state index in [9.17, 15) is 17.3 Å². The molecular weight excluding hydrogens is 636 g/mol. The SMILES string of the molecule is CC(C)c1cccc(C(C)C)c1-n1ccn(-c2c(C(C)C)cccc2C(C)C)[c]1=[Au-].F[B-](F)(F)F. The van der Waals surface area contributed by atoms with Crippen LogP contribution in [0.1, 0.15) is 101 Å². The molecule has 0 radical (unpaired) electrons. The molecule has 35 heavy (non-hydrogen) atoms. The van der Waals surface area contributed by atoms with E-state index in [0.29, 0.717) is 23.7 Å². The summed E-state index contributed by atoms with van der Waals surface area (Å²) < 4.78 is 45.0. The van der Waals surface area contributed by atoms with Gasteiger partial charge in [0.15, 0.2) is 0 Å². The van der Waals surface area contributed by atoms with Crippen molar-refractivity contribution < 1.29 is 37.9 Å². The number of benzene rings is 2. The fraction of sp³-hybridized carbons (Fsp3) is 0.444. The van der Waals surface area contributed by atoms with Crippen LogP contribution in [0.25, 0.3) is 11.4 Å². The number of aromatic nitrogens is 2. The second kappa shape index (κ2) is 11.9. The van der Waals surface area contributed by atoms with Gasteiger partial charge in [-0.2, -0.15) is 0 Å².